The van der Waals surface area contributed by atoms with Gasteiger partial charge in [-0.15, -0.1) is 0 Å². The molecule has 0 saturated carbocycles. The van der Waals surface area contributed by atoms with Crippen molar-refractivity contribution in [1.29, 1.82) is 5.26 Å². The third kappa shape index (κ3) is 4.67. The lowest BCUT2D eigenvalue weighted by Gasteiger charge is -2.19. The van der Waals surface area contributed by atoms with Crippen LogP contribution in [0.15, 0.2) is 83.0 Å². The molecule has 5 aromatic rings. The number of fused-ring (bicyclic) bond motifs is 1. The van der Waals surface area contributed by atoms with E-state index in [0.717, 1.165) is 11.2 Å². The van der Waals surface area contributed by atoms with Crippen LogP contribution in [0.1, 0.15) is 22.9 Å². The van der Waals surface area contributed by atoms with E-state index in [-0.39, 0.29) is 23.6 Å². The Kier molecular flexibility index (Phi) is 6.42. The van der Waals surface area contributed by atoms with Crippen LogP contribution >= 0.6 is 23.2 Å². The molecule has 0 aliphatic rings. The van der Waals surface area contributed by atoms with Gasteiger partial charge < -0.3 is 13.4 Å². The number of benzene rings is 1. The highest BCUT2D eigenvalue weighted by Crippen LogP contribution is 2.32. The number of halogens is 2. The maximum absolute atomic E-state index is 13.5. The number of oxazole rings is 1. The van der Waals surface area contributed by atoms with E-state index in [0.29, 0.717) is 27.5 Å². The monoisotopic (exact) mass is 517 g/mol. The lowest BCUT2D eigenvalue weighted by atomic mass is 9.99. The molecule has 10 heteroatoms. The second-order valence-electron chi connectivity index (χ2n) is 8.14. The first-order valence-corrected chi connectivity index (χ1v) is 11.6. The fraction of sp³-hybridized carbons (Fsp3) is 0.115. The van der Waals surface area contributed by atoms with Crippen molar-refractivity contribution in [2.75, 3.05) is 0 Å². The molecule has 0 aliphatic carbocycles. The zero-order valence-electron chi connectivity index (χ0n) is 18.6. The molecule has 178 valence electrons. The van der Waals surface area contributed by atoms with Crippen molar-refractivity contribution in [2.45, 2.75) is 18.9 Å². The van der Waals surface area contributed by atoms with Crippen molar-refractivity contribution in [1.82, 2.24) is 18.9 Å². The van der Waals surface area contributed by atoms with Gasteiger partial charge in [-0.1, -0.05) is 29.3 Å². The Morgan fingerprint density at radius 2 is 2.00 bits per heavy atom. The third-order valence-corrected chi connectivity index (χ3v) is 6.37. The number of nitrogens with zero attached hydrogens (tertiary/aromatic N) is 5. The average molecular weight is 518 g/mol. The molecule has 4 aromatic heterocycles. The summed E-state index contributed by atoms with van der Waals surface area (Å²) in [5, 5.41) is 10.1. The molecule has 0 N–H and O–H groups in total. The van der Waals surface area contributed by atoms with E-state index in [1.54, 1.807) is 30.6 Å². The lowest BCUT2D eigenvalue weighted by Crippen LogP contribution is -2.32. The Hall–Kier alpha value is -4.19. The summed E-state index contributed by atoms with van der Waals surface area (Å²) in [6.45, 7) is 0. The number of hydrogen-bond acceptors (Lipinski definition) is 6. The summed E-state index contributed by atoms with van der Waals surface area (Å²) in [4.78, 5) is 35.0. The molecule has 4 heterocycles. The number of Topliss-reactive ketones (excluding diaryl/α,β-unsaturated/α-hetero) is 1. The molecular formula is C26H17Cl2N5O3. The van der Waals surface area contributed by atoms with Crippen molar-refractivity contribution in [2.24, 2.45) is 0 Å². The predicted molar refractivity (Wildman–Crippen MR) is 134 cm³/mol. The lowest BCUT2D eigenvalue weighted by molar-refractivity contribution is -0.121. The van der Waals surface area contributed by atoms with Gasteiger partial charge in [-0.25, -0.2) is 9.97 Å². The Bertz CT molecular complexity index is 1680. The van der Waals surface area contributed by atoms with Gasteiger partial charge >= 0.3 is 0 Å². The van der Waals surface area contributed by atoms with Crippen LogP contribution in [0.3, 0.4) is 0 Å². The Labute approximate surface area is 215 Å². The standard InChI is InChI=1S/C26H17Cl2N5O3/c27-18-3-2-17(11-29)20(8-18)21-10-26(35)33(14-22(21)28)23(9-19-12-30-15-36-19)24(34)7-16-1-4-25-31-5-6-32(25)13-16/h1-6,8,10,12-15,23H,7,9H2. The molecule has 36 heavy (non-hydrogen) atoms. The first kappa shape index (κ1) is 23.5. The number of hydrogen-bond donors (Lipinski definition) is 0. The maximum atomic E-state index is 13.5. The van der Waals surface area contributed by atoms with Gasteiger partial charge in [0.15, 0.2) is 12.2 Å². The highest BCUT2D eigenvalue weighted by Gasteiger charge is 2.25. The molecule has 0 saturated heterocycles. The van der Waals surface area contributed by atoms with Crippen LogP contribution in [0, 0.1) is 11.3 Å². The maximum Gasteiger partial charge on any atom is 0.251 e. The Morgan fingerprint density at radius 3 is 2.78 bits per heavy atom. The van der Waals surface area contributed by atoms with E-state index in [2.05, 4.69) is 16.0 Å². The van der Waals surface area contributed by atoms with Crippen molar-refractivity contribution in [3.63, 3.8) is 0 Å². The van der Waals surface area contributed by atoms with Gasteiger partial charge in [0.05, 0.1) is 22.9 Å². The average Bonchev–Trinajstić information content (AvgIpc) is 3.55. The molecule has 5 rings (SSSR count). The minimum absolute atomic E-state index is 0.0750. The molecule has 0 aliphatic heterocycles. The fourth-order valence-electron chi connectivity index (χ4n) is 4.10. The van der Waals surface area contributed by atoms with E-state index in [4.69, 9.17) is 27.6 Å². The molecule has 1 aromatic carbocycles. The first-order valence-electron chi connectivity index (χ1n) is 10.9. The molecule has 0 spiro atoms. The van der Waals surface area contributed by atoms with E-state index in [1.807, 2.05) is 22.7 Å². The molecule has 0 amide bonds. The second kappa shape index (κ2) is 9.82. The van der Waals surface area contributed by atoms with Gasteiger partial charge in [0.2, 0.25) is 0 Å². The summed E-state index contributed by atoms with van der Waals surface area (Å²) in [6, 6.07) is 10.9. The number of ketones is 1. The van der Waals surface area contributed by atoms with Crippen LogP contribution in [0.2, 0.25) is 10.0 Å². The topological polar surface area (TPSA) is 106 Å². The summed E-state index contributed by atoms with van der Waals surface area (Å²) in [5.41, 5.74) is 2.19. The Balaban J connectivity index is 1.54. The van der Waals surface area contributed by atoms with Crippen molar-refractivity contribution in [3.8, 4) is 17.2 Å². The SMILES string of the molecule is N#Cc1ccc(Cl)cc1-c1cc(=O)n(C(Cc2cnco2)C(=O)Cc2ccc3nccn3c2)cc1Cl. The molecule has 0 fully saturated rings. The van der Waals surface area contributed by atoms with Crippen molar-refractivity contribution < 1.29 is 9.21 Å². The summed E-state index contributed by atoms with van der Waals surface area (Å²) >= 11 is 12.7. The second-order valence-corrected chi connectivity index (χ2v) is 8.99. The molecule has 8 nitrogen and oxygen atoms in total. The number of pyridine rings is 2. The van der Waals surface area contributed by atoms with Crippen LogP contribution in [-0.4, -0.2) is 24.7 Å². The fourth-order valence-corrected chi connectivity index (χ4v) is 4.53. The van der Waals surface area contributed by atoms with E-state index in [1.165, 1.54) is 29.4 Å². The van der Waals surface area contributed by atoms with Crippen LogP contribution in [0.5, 0.6) is 0 Å². The molecule has 1 atom stereocenters. The number of carbonyl (C=O) groups is 1. The first-order chi connectivity index (χ1) is 17.4. The minimum atomic E-state index is -0.898. The van der Waals surface area contributed by atoms with Gasteiger partial charge in [0, 0.05) is 59.8 Å². The van der Waals surface area contributed by atoms with Gasteiger partial charge in [-0.3, -0.25) is 9.59 Å². The third-order valence-electron chi connectivity index (χ3n) is 5.84. The summed E-state index contributed by atoms with van der Waals surface area (Å²) in [5.74, 6) is 0.240. The largest absolute Gasteiger partial charge is 0.448 e. The Morgan fingerprint density at radius 1 is 1.14 bits per heavy atom. The summed E-state index contributed by atoms with van der Waals surface area (Å²) in [6.07, 6.45) is 9.67. The number of aromatic nitrogens is 4. The number of rotatable bonds is 7. The minimum Gasteiger partial charge on any atom is -0.448 e. The number of carbonyl (C=O) groups excluding carboxylic acids is 1. The summed E-state index contributed by atoms with van der Waals surface area (Å²) in [7, 11) is 0. The summed E-state index contributed by atoms with van der Waals surface area (Å²) < 4.78 is 8.48. The smallest absolute Gasteiger partial charge is 0.251 e. The molecular weight excluding hydrogens is 501 g/mol. The van der Waals surface area contributed by atoms with E-state index < -0.39 is 11.6 Å². The highest BCUT2D eigenvalue weighted by atomic mass is 35.5. The van der Waals surface area contributed by atoms with Crippen LogP contribution in [0.4, 0.5) is 0 Å². The zero-order valence-corrected chi connectivity index (χ0v) is 20.1. The van der Waals surface area contributed by atoms with E-state index >= 15 is 0 Å². The van der Waals surface area contributed by atoms with Crippen LogP contribution in [-0.2, 0) is 17.6 Å². The zero-order chi connectivity index (χ0) is 25.2. The predicted octanol–water partition coefficient (Wildman–Crippen LogP) is 4.93. The van der Waals surface area contributed by atoms with Gasteiger partial charge in [0.25, 0.3) is 5.56 Å². The van der Waals surface area contributed by atoms with Crippen LogP contribution < -0.4 is 5.56 Å². The number of imidazole rings is 1. The molecule has 0 radical (unpaired) electrons. The van der Waals surface area contributed by atoms with Gasteiger partial charge in [0.1, 0.15) is 17.4 Å². The molecule has 0 bridgehead atoms. The normalized spacial score (nSPS) is 11.9. The van der Waals surface area contributed by atoms with Gasteiger partial charge in [-0.2, -0.15) is 5.26 Å². The highest BCUT2D eigenvalue weighted by molar-refractivity contribution is 6.33. The quantitative estimate of drug-likeness (QED) is 0.303. The van der Waals surface area contributed by atoms with Crippen LogP contribution in [0.25, 0.3) is 16.8 Å². The molecule has 1 unspecified atom stereocenters. The van der Waals surface area contributed by atoms with Crippen molar-refractivity contribution in [3.05, 3.63) is 111 Å². The van der Waals surface area contributed by atoms with Gasteiger partial charge in [-0.05, 0) is 29.8 Å². The van der Waals surface area contributed by atoms with E-state index in [9.17, 15) is 14.9 Å². The van der Waals surface area contributed by atoms with Crippen molar-refractivity contribution >= 4 is 34.6 Å². The number of nitriles is 1.